The molecule has 1 saturated heterocycles. The Bertz CT molecular complexity index is 1500. The number of rotatable bonds is 6. The van der Waals surface area contributed by atoms with E-state index in [2.05, 4.69) is 28.5 Å². The molecule has 13 heteroatoms. The van der Waals surface area contributed by atoms with Crippen LogP contribution in [0.3, 0.4) is 0 Å². The average molecular weight is 531 g/mol. The fourth-order valence-corrected chi connectivity index (χ4v) is 4.23. The third kappa shape index (κ3) is 4.49. The minimum Gasteiger partial charge on any atom is -0.493 e. The average Bonchev–Trinajstić information content (AvgIpc) is 3.54. The molecule has 0 bridgehead atoms. The second-order valence-corrected chi connectivity index (χ2v) is 8.20. The number of anilines is 1. The Labute approximate surface area is 213 Å². The molecule has 38 heavy (non-hydrogen) atoms. The summed E-state index contributed by atoms with van der Waals surface area (Å²) in [7, 11) is 2.36. The maximum atomic E-state index is 14.8. The van der Waals surface area contributed by atoms with Crippen molar-refractivity contribution in [3.05, 3.63) is 53.4 Å². The number of carbonyl (C=O) groups is 2. The summed E-state index contributed by atoms with van der Waals surface area (Å²) < 4.78 is 67.7. The standard InChI is InChI=1S/C25H21F4N5O4/c1-4-18(35)33-8-7-12(11-33)34-22-14(23(36)24(28)29)10-31-25(30)19(22)15(32-34)6-5-13-20(26)16(37-2)9-17(38-3)21(13)27/h4,9-10,12,24H,1,7-8,11H2,2-3H3,(H2,30,31). The van der Waals surface area contributed by atoms with Gasteiger partial charge in [-0.2, -0.15) is 5.10 Å². The van der Waals surface area contributed by atoms with Gasteiger partial charge in [-0.3, -0.25) is 14.3 Å². The molecule has 1 aliphatic rings. The molecule has 0 spiro atoms. The zero-order chi connectivity index (χ0) is 27.7. The minimum absolute atomic E-state index is 0.0480. The Hall–Kier alpha value is -4.60. The third-order valence-corrected chi connectivity index (χ3v) is 6.09. The first-order chi connectivity index (χ1) is 18.1. The summed E-state index contributed by atoms with van der Waals surface area (Å²) in [6, 6.07) is 0.467. The second-order valence-electron chi connectivity index (χ2n) is 8.20. The number of methoxy groups -OCH3 is 2. The van der Waals surface area contributed by atoms with E-state index in [0.717, 1.165) is 18.3 Å². The van der Waals surface area contributed by atoms with Crippen molar-refractivity contribution in [3.63, 3.8) is 0 Å². The van der Waals surface area contributed by atoms with Crippen LogP contribution in [0.15, 0.2) is 24.9 Å². The van der Waals surface area contributed by atoms with Crippen molar-refractivity contribution in [3.8, 4) is 23.3 Å². The summed E-state index contributed by atoms with van der Waals surface area (Å²) in [6.07, 6.45) is -0.935. The molecule has 1 amide bonds. The van der Waals surface area contributed by atoms with Crippen LogP contribution in [0.25, 0.3) is 10.9 Å². The van der Waals surface area contributed by atoms with Crippen molar-refractivity contribution >= 4 is 28.4 Å². The highest BCUT2D eigenvalue weighted by Gasteiger charge is 2.32. The zero-order valence-electron chi connectivity index (χ0n) is 20.2. The molecule has 1 atom stereocenters. The molecule has 198 valence electrons. The minimum atomic E-state index is -3.35. The number of alkyl halides is 2. The summed E-state index contributed by atoms with van der Waals surface area (Å²) in [5.41, 5.74) is 4.64. The topological polar surface area (TPSA) is 113 Å². The zero-order valence-corrected chi connectivity index (χ0v) is 20.2. The quantitative estimate of drug-likeness (QED) is 0.225. The van der Waals surface area contributed by atoms with Gasteiger partial charge in [0.05, 0.1) is 36.7 Å². The SMILES string of the molecule is C=CC(=O)N1CCC(n2nc(C#Cc3c(F)c(OC)cc(OC)c3F)c3c(N)ncc(C(=O)C(F)F)c32)C1. The monoisotopic (exact) mass is 531 g/mol. The smallest absolute Gasteiger partial charge is 0.300 e. The maximum Gasteiger partial charge on any atom is 0.300 e. The fourth-order valence-electron chi connectivity index (χ4n) is 4.23. The number of pyridine rings is 1. The third-order valence-electron chi connectivity index (χ3n) is 6.09. The largest absolute Gasteiger partial charge is 0.493 e. The van der Waals surface area contributed by atoms with Crippen molar-refractivity contribution < 1.29 is 36.6 Å². The number of likely N-dealkylation sites (tertiary alicyclic amines) is 1. The molecule has 2 aromatic heterocycles. The first-order valence-electron chi connectivity index (χ1n) is 11.1. The van der Waals surface area contributed by atoms with Gasteiger partial charge in [0, 0.05) is 25.4 Å². The van der Waals surface area contributed by atoms with E-state index < -0.39 is 41.0 Å². The lowest BCUT2D eigenvalue weighted by Crippen LogP contribution is -2.27. The number of fused-ring (bicyclic) bond motifs is 1. The maximum absolute atomic E-state index is 14.8. The van der Waals surface area contributed by atoms with Crippen LogP contribution in [0.4, 0.5) is 23.4 Å². The van der Waals surface area contributed by atoms with Gasteiger partial charge < -0.3 is 20.1 Å². The molecule has 0 radical (unpaired) electrons. The van der Waals surface area contributed by atoms with Gasteiger partial charge >= 0.3 is 6.43 Å². The molecule has 3 heterocycles. The van der Waals surface area contributed by atoms with Gasteiger partial charge in [-0.05, 0) is 18.4 Å². The molecule has 2 N–H and O–H groups in total. The number of hydrogen-bond donors (Lipinski definition) is 1. The van der Waals surface area contributed by atoms with Gasteiger partial charge in [-0.25, -0.2) is 22.5 Å². The van der Waals surface area contributed by atoms with E-state index in [1.807, 2.05) is 0 Å². The summed E-state index contributed by atoms with van der Waals surface area (Å²) in [4.78, 5) is 29.8. The van der Waals surface area contributed by atoms with Gasteiger partial charge in [0.1, 0.15) is 17.1 Å². The van der Waals surface area contributed by atoms with Crippen molar-refractivity contribution in [2.75, 3.05) is 33.0 Å². The van der Waals surface area contributed by atoms with E-state index in [-0.39, 0.29) is 46.4 Å². The molecule has 4 rings (SSSR count). The van der Waals surface area contributed by atoms with Crippen LogP contribution in [0.5, 0.6) is 11.5 Å². The number of ether oxygens (including phenoxy) is 2. The lowest BCUT2D eigenvalue weighted by Gasteiger charge is -2.16. The predicted octanol–water partition coefficient (Wildman–Crippen LogP) is 3.12. The number of nitrogen functional groups attached to an aromatic ring is 1. The van der Waals surface area contributed by atoms with Crippen molar-refractivity contribution in [1.82, 2.24) is 19.7 Å². The Morgan fingerprint density at radius 1 is 1.21 bits per heavy atom. The number of benzene rings is 1. The number of nitrogens with zero attached hydrogens (tertiary/aromatic N) is 4. The lowest BCUT2D eigenvalue weighted by molar-refractivity contribution is -0.125. The Morgan fingerprint density at radius 2 is 1.87 bits per heavy atom. The Balaban J connectivity index is 1.95. The molecular formula is C25H21F4N5O4. The van der Waals surface area contributed by atoms with Gasteiger partial charge in [-0.1, -0.05) is 12.5 Å². The number of nitrogens with two attached hydrogens (primary N) is 1. The number of hydrogen-bond acceptors (Lipinski definition) is 7. The van der Waals surface area contributed by atoms with Crippen molar-refractivity contribution in [2.45, 2.75) is 18.9 Å². The highest BCUT2D eigenvalue weighted by atomic mass is 19.3. The van der Waals surface area contributed by atoms with Crippen LogP contribution in [0, 0.1) is 23.5 Å². The molecule has 1 aliphatic heterocycles. The van der Waals surface area contributed by atoms with E-state index in [4.69, 9.17) is 15.2 Å². The number of carbonyl (C=O) groups excluding carboxylic acids is 2. The first-order valence-corrected chi connectivity index (χ1v) is 11.1. The molecular weight excluding hydrogens is 510 g/mol. The van der Waals surface area contributed by atoms with Gasteiger partial charge in [0.15, 0.2) is 23.1 Å². The highest BCUT2D eigenvalue weighted by molar-refractivity contribution is 6.11. The van der Waals surface area contributed by atoms with E-state index in [0.29, 0.717) is 13.0 Å². The molecule has 0 saturated carbocycles. The molecule has 1 unspecified atom stereocenters. The van der Waals surface area contributed by atoms with Crippen LogP contribution in [-0.4, -0.2) is 65.1 Å². The number of Topliss-reactive ketones (excluding diaryl/α,β-unsaturated/α-hetero) is 1. The van der Waals surface area contributed by atoms with Crippen LogP contribution >= 0.6 is 0 Å². The molecule has 1 fully saturated rings. The summed E-state index contributed by atoms with van der Waals surface area (Å²) >= 11 is 0. The van der Waals surface area contributed by atoms with E-state index >= 15 is 0 Å². The number of halogens is 4. The number of ketones is 1. The molecule has 1 aromatic carbocycles. The molecule has 0 aliphatic carbocycles. The predicted molar refractivity (Wildman–Crippen MR) is 128 cm³/mol. The second kappa shape index (κ2) is 10.4. The normalized spacial score (nSPS) is 14.9. The van der Waals surface area contributed by atoms with E-state index in [1.165, 1.54) is 23.8 Å². The Kier molecular flexibility index (Phi) is 7.25. The van der Waals surface area contributed by atoms with E-state index in [1.54, 1.807) is 0 Å². The number of amides is 1. The van der Waals surface area contributed by atoms with Gasteiger partial charge in [-0.15, -0.1) is 0 Å². The summed E-state index contributed by atoms with van der Waals surface area (Å²) in [5, 5.41) is 4.32. The Morgan fingerprint density at radius 3 is 2.45 bits per heavy atom. The van der Waals surface area contributed by atoms with Crippen molar-refractivity contribution in [2.24, 2.45) is 0 Å². The van der Waals surface area contributed by atoms with Crippen LogP contribution in [0.1, 0.15) is 34.1 Å². The van der Waals surface area contributed by atoms with Crippen molar-refractivity contribution in [1.29, 1.82) is 0 Å². The van der Waals surface area contributed by atoms with Crippen LogP contribution < -0.4 is 15.2 Å². The molecule has 9 nitrogen and oxygen atoms in total. The summed E-state index contributed by atoms with van der Waals surface area (Å²) in [5.74, 6) is -0.0345. The summed E-state index contributed by atoms with van der Waals surface area (Å²) in [6.45, 7) is 3.90. The highest BCUT2D eigenvalue weighted by Crippen LogP contribution is 2.34. The fraction of sp³-hybridized carbons (Fsp3) is 0.280. The van der Waals surface area contributed by atoms with Gasteiger partial charge in [0.2, 0.25) is 11.7 Å². The first kappa shape index (κ1) is 26.5. The lowest BCUT2D eigenvalue weighted by atomic mass is 10.1. The van der Waals surface area contributed by atoms with E-state index in [9.17, 15) is 27.2 Å². The van der Waals surface area contributed by atoms with Gasteiger partial charge in [0.25, 0.3) is 0 Å². The number of aromatic nitrogens is 3. The molecule has 3 aromatic rings. The van der Waals surface area contributed by atoms with Crippen LogP contribution in [-0.2, 0) is 4.79 Å². The van der Waals surface area contributed by atoms with Crippen LogP contribution in [0.2, 0.25) is 0 Å².